The molecule has 2 nitrogen and oxygen atoms in total. The van der Waals surface area contributed by atoms with E-state index in [0.717, 1.165) is 0 Å². The van der Waals surface area contributed by atoms with Gasteiger partial charge in [0.15, 0.2) is 6.29 Å². The van der Waals surface area contributed by atoms with Crippen molar-refractivity contribution in [1.82, 2.24) is 0 Å². The number of rotatable bonds is 0. The number of benzene rings is 1. The third-order valence-electron chi connectivity index (χ3n) is 2.92. The van der Waals surface area contributed by atoms with Crippen molar-refractivity contribution < 1.29 is 9.47 Å². The minimum absolute atomic E-state index is 0.0102. The van der Waals surface area contributed by atoms with Crippen LogP contribution in [0.3, 0.4) is 0 Å². The van der Waals surface area contributed by atoms with E-state index in [-0.39, 0.29) is 17.8 Å². The predicted octanol–water partition coefficient (Wildman–Crippen LogP) is 3.67. The molecule has 1 aliphatic rings. The van der Waals surface area contributed by atoms with Crippen molar-refractivity contribution >= 4 is 0 Å². The lowest BCUT2D eigenvalue weighted by Crippen LogP contribution is -2.31. The largest absolute Gasteiger partial charge is 0.347 e. The summed E-state index contributed by atoms with van der Waals surface area (Å²) in [6.45, 7) is 9.15. The second-order valence-electron chi connectivity index (χ2n) is 5.49. The molecule has 16 heavy (non-hydrogen) atoms. The molecule has 0 N–H and O–H groups in total. The molecule has 0 unspecified atom stereocenters. The van der Waals surface area contributed by atoms with Crippen LogP contribution in [0.4, 0.5) is 0 Å². The van der Waals surface area contributed by atoms with Gasteiger partial charge in [0.2, 0.25) is 0 Å². The standard InChI is InChI=1S/C14H20O2/c1-10-12-8-6-5-7-11(12)9-15-13(16-10)14(2,3)4/h5-8,10,13H,9H2,1-4H3/t10-,13+/m0/s1. The molecular formula is C14H20O2. The molecule has 1 heterocycles. The zero-order chi connectivity index (χ0) is 11.8. The van der Waals surface area contributed by atoms with Crippen molar-refractivity contribution in [3.63, 3.8) is 0 Å². The molecule has 0 spiro atoms. The number of hydrogen-bond acceptors (Lipinski definition) is 2. The van der Waals surface area contributed by atoms with Gasteiger partial charge in [-0.1, -0.05) is 45.0 Å². The van der Waals surface area contributed by atoms with Crippen molar-refractivity contribution in [2.24, 2.45) is 5.41 Å². The topological polar surface area (TPSA) is 18.5 Å². The van der Waals surface area contributed by atoms with Crippen molar-refractivity contribution in [3.05, 3.63) is 35.4 Å². The number of fused-ring (bicyclic) bond motifs is 1. The summed E-state index contributed by atoms with van der Waals surface area (Å²) in [6.07, 6.45) is -0.0437. The van der Waals surface area contributed by atoms with Crippen LogP contribution in [-0.4, -0.2) is 6.29 Å². The minimum atomic E-state index is -0.144. The van der Waals surface area contributed by atoms with Crippen LogP contribution in [0.5, 0.6) is 0 Å². The van der Waals surface area contributed by atoms with Gasteiger partial charge in [-0.25, -0.2) is 0 Å². The maximum atomic E-state index is 5.98. The average molecular weight is 220 g/mol. The Morgan fingerprint density at radius 1 is 1.19 bits per heavy atom. The normalized spacial score (nSPS) is 26.0. The summed E-state index contributed by atoms with van der Waals surface area (Å²) in [4.78, 5) is 0. The maximum Gasteiger partial charge on any atom is 0.163 e. The minimum Gasteiger partial charge on any atom is -0.347 e. The summed E-state index contributed by atoms with van der Waals surface area (Å²) in [5, 5.41) is 0. The zero-order valence-electron chi connectivity index (χ0n) is 10.5. The molecule has 0 amide bonds. The van der Waals surface area contributed by atoms with Gasteiger partial charge in [-0.15, -0.1) is 0 Å². The molecule has 0 aromatic heterocycles. The van der Waals surface area contributed by atoms with Gasteiger partial charge in [-0.05, 0) is 18.1 Å². The monoisotopic (exact) mass is 220 g/mol. The molecule has 2 atom stereocenters. The lowest BCUT2D eigenvalue weighted by Gasteiger charge is -2.30. The fraction of sp³-hybridized carbons (Fsp3) is 0.571. The molecule has 0 aliphatic carbocycles. The molecule has 2 rings (SSSR count). The van der Waals surface area contributed by atoms with E-state index in [9.17, 15) is 0 Å². The van der Waals surface area contributed by atoms with Crippen molar-refractivity contribution in [1.29, 1.82) is 0 Å². The van der Waals surface area contributed by atoms with Gasteiger partial charge in [0.25, 0.3) is 0 Å². The van der Waals surface area contributed by atoms with Crippen LogP contribution in [0.2, 0.25) is 0 Å². The second-order valence-corrected chi connectivity index (χ2v) is 5.49. The van der Waals surface area contributed by atoms with Crippen LogP contribution in [0.25, 0.3) is 0 Å². The highest BCUT2D eigenvalue weighted by Gasteiger charge is 2.31. The Morgan fingerprint density at radius 3 is 2.56 bits per heavy atom. The fourth-order valence-electron chi connectivity index (χ4n) is 1.98. The Hall–Kier alpha value is -0.860. The number of hydrogen-bond donors (Lipinski definition) is 0. The van der Waals surface area contributed by atoms with E-state index in [0.29, 0.717) is 6.61 Å². The quantitative estimate of drug-likeness (QED) is 0.664. The van der Waals surface area contributed by atoms with E-state index in [1.807, 2.05) is 6.07 Å². The van der Waals surface area contributed by atoms with Gasteiger partial charge in [-0.2, -0.15) is 0 Å². The van der Waals surface area contributed by atoms with Crippen LogP contribution in [0.15, 0.2) is 24.3 Å². The molecule has 0 fully saturated rings. The predicted molar refractivity (Wildman–Crippen MR) is 64.0 cm³/mol. The lowest BCUT2D eigenvalue weighted by molar-refractivity contribution is -0.214. The lowest BCUT2D eigenvalue weighted by atomic mass is 9.96. The van der Waals surface area contributed by atoms with Crippen LogP contribution < -0.4 is 0 Å². The summed E-state index contributed by atoms with van der Waals surface area (Å²) < 4.78 is 11.8. The molecule has 0 saturated carbocycles. The van der Waals surface area contributed by atoms with Crippen LogP contribution >= 0.6 is 0 Å². The Kier molecular flexibility index (Phi) is 3.04. The highest BCUT2D eigenvalue weighted by Crippen LogP contribution is 2.34. The molecule has 2 heteroatoms. The van der Waals surface area contributed by atoms with Gasteiger partial charge in [0.05, 0.1) is 12.7 Å². The summed E-state index contributed by atoms with van der Waals surface area (Å²) in [6, 6.07) is 8.33. The van der Waals surface area contributed by atoms with Crippen LogP contribution in [0.1, 0.15) is 44.9 Å². The molecule has 0 saturated heterocycles. The van der Waals surface area contributed by atoms with Crippen molar-refractivity contribution in [2.75, 3.05) is 0 Å². The molecule has 88 valence electrons. The molecule has 1 aromatic rings. The Balaban J connectivity index is 2.26. The van der Waals surface area contributed by atoms with E-state index in [2.05, 4.69) is 45.9 Å². The summed E-state index contributed by atoms with van der Waals surface area (Å²) >= 11 is 0. The average Bonchev–Trinajstić information content (AvgIpc) is 2.38. The fourth-order valence-corrected chi connectivity index (χ4v) is 1.98. The SMILES string of the molecule is C[C@@H]1O[C@H](C(C)(C)C)OCc2ccccc21. The van der Waals surface area contributed by atoms with E-state index in [1.54, 1.807) is 0 Å². The molecule has 1 aliphatic heterocycles. The zero-order valence-corrected chi connectivity index (χ0v) is 10.5. The molecule has 0 radical (unpaired) electrons. The van der Waals surface area contributed by atoms with Crippen LogP contribution in [0, 0.1) is 5.41 Å². The summed E-state index contributed by atoms with van der Waals surface area (Å²) in [5.41, 5.74) is 2.49. The summed E-state index contributed by atoms with van der Waals surface area (Å²) in [7, 11) is 0. The molecular weight excluding hydrogens is 200 g/mol. The van der Waals surface area contributed by atoms with Gasteiger partial charge >= 0.3 is 0 Å². The highest BCUT2D eigenvalue weighted by molar-refractivity contribution is 5.28. The molecule has 0 bridgehead atoms. The smallest absolute Gasteiger partial charge is 0.163 e. The van der Waals surface area contributed by atoms with E-state index in [1.165, 1.54) is 11.1 Å². The van der Waals surface area contributed by atoms with Gasteiger partial charge < -0.3 is 9.47 Å². The van der Waals surface area contributed by atoms with Gasteiger partial charge in [-0.3, -0.25) is 0 Å². The highest BCUT2D eigenvalue weighted by atomic mass is 16.7. The first-order chi connectivity index (χ1) is 7.48. The third-order valence-corrected chi connectivity index (χ3v) is 2.92. The third kappa shape index (κ3) is 2.28. The molecule has 1 aromatic carbocycles. The Labute approximate surface area is 97.6 Å². The Bertz CT molecular complexity index is 365. The first-order valence-corrected chi connectivity index (χ1v) is 5.83. The van der Waals surface area contributed by atoms with E-state index in [4.69, 9.17) is 9.47 Å². The van der Waals surface area contributed by atoms with E-state index < -0.39 is 0 Å². The van der Waals surface area contributed by atoms with Gasteiger partial charge in [0, 0.05) is 5.41 Å². The maximum absolute atomic E-state index is 5.98. The first-order valence-electron chi connectivity index (χ1n) is 5.83. The second kappa shape index (κ2) is 4.19. The Morgan fingerprint density at radius 2 is 1.88 bits per heavy atom. The first kappa shape index (κ1) is 11.6. The van der Waals surface area contributed by atoms with Crippen LogP contribution in [-0.2, 0) is 16.1 Å². The summed E-state index contributed by atoms with van der Waals surface area (Å²) in [5.74, 6) is 0. The van der Waals surface area contributed by atoms with Crippen molar-refractivity contribution in [2.45, 2.75) is 46.7 Å². The van der Waals surface area contributed by atoms with Crippen molar-refractivity contribution in [3.8, 4) is 0 Å². The van der Waals surface area contributed by atoms with E-state index >= 15 is 0 Å². The van der Waals surface area contributed by atoms with Gasteiger partial charge in [0.1, 0.15) is 0 Å². The number of ether oxygens (including phenoxy) is 2.